The number of Topliss-reactive ketones (excluding diaryl/α,β-unsaturated/α-hetero) is 1. The molecule has 2 aromatic rings. The molecule has 1 aromatic carbocycles. The predicted molar refractivity (Wildman–Crippen MR) is 104 cm³/mol. The van der Waals surface area contributed by atoms with Gasteiger partial charge in [0.25, 0.3) is 5.19 Å². The molecule has 0 aliphatic heterocycles. The van der Waals surface area contributed by atoms with E-state index in [-0.39, 0.29) is 23.0 Å². The van der Waals surface area contributed by atoms with Crippen LogP contribution in [0.2, 0.25) is 0 Å². The average Bonchev–Trinajstić information content (AvgIpc) is 3.00. The van der Waals surface area contributed by atoms with Gasteiger partial charge in [0, 0.05) is 19.0 Å². The lowest BCUT2D eigenvalue weighted by Crippen LogP contribution is -2.22. The van der Waals surface area contributed by atoms with Gasteiger partial charge in [-0.3, -0.25) is 9.59 Å². The van der Waals surface area contributed by atoms with E-state index < -0.39 is 0 Å². The van der Waals surface area contributed by atoms with E-state index in [0.717, 1.165) is 12.0 Å². The first-order chi connectivity index (χ1) is 12.3. The summed E-state index contributed by atoms with van der Waals surface area (Å²) < 4.78 is 6.22. The van der Waals surface area contributed by atoms with Crippen LogP contribution >= 0.6 is 23.1 Å². The average molecular weight is 394 g/mol. The zero-order chi connectivity index (χ0) is 19.1. The Morgan fingerprint density at radius 3 is 2.50 bits per heavy atom. The molecule has 8 heteroatoms. The van der Waals surface area contributed by atoms with Crippen molar-refractivity contribution in [2.75, 3.05) is 6.54 Å². The van der Waals surface area contributed by atoms with Gasteiger partial charge in [-0.2, -0.15) is 0 Å². The van der Waals surface area contributed by atoms with E-state index in [2.05, 4.69) is 15.5 Å². The molecule has 0 saturated heterocycles. The summed E-state index contributed by atoms with van der Waals surface area (Å²) in [6.45, 7) is 7.81. The second-order valence-corrected chi connectivity index (χ2v) is 8.58. The molecule has 0 spiro atoms. The van der Waals surface area contributed by atoms with Gasteiger partial charge in [-0.1, -0.05) is 41.1 Å². The smallest absolute Gasteiger partial charge is 0.295 e. The van der Waals surface area contributed by atoms with Gasteiger partial charge >= 0.3 is 0 Å². The highest BCUT2D eigenvalue weighted by molar-refractivity contribution is 8.02. The molecule has 140 valence electrons. The molecule has 0 fully saturated rings. The highest BCUT2D eigenvalue weighted by Gasteiger charge is 2.19. The minimum atomic E-state index is -0.264. The van der Waals surface area contributed by atoms with Crippen LogP contribution in [0.25, 0.3) is 0 Å². The van der Waals surface area contributed by atoms with Crippen LogP contribution in [-0.4, -0.2) is 39.8 Å². The van der Waals surface area contributed by atoms with E-state index >= 15 is 0 Å². The number of ether oxygens (including phenoxy) is 1. The molecule has 0 aliphatic carbocycles. The number of rotatable bonds is 9. The number of nitrogens with one attached hydrogen (secondary N) is 1. The first-order valence-corrected chi connectivity index (χ1v) is 10.1. The molecule has 1 heterocycles. The Labute approximate surface area is 161 Å². The summed E-state index contributed by atoms with van der Waals surface area (Å²) in [6.07, 6.45) is 0.783. The van der Waals surface area contributed by atoms with E-state index in [9.17, 15) is 9.59 Å². The van der Waals surface area contributed by atoms with Crippen molar-refractivity contribution in [1.82, 2.24) is 15.5 Å². The highest BCUT2D eigenvalue weighted by atomic mass is 32.2. The lowest BCUT2D eigenvalue weighted by Gasteiger charge is -2.09. The number of aromatic nitrogens is 2. The Kier molecular flexibility index (Phi) is 7.59. The van der Waals surface area contributed by atoms with Crippen LogP contribution in [0.15, 0.2) is 28.6 Å². The second-order valence-electron chi connectivity index (χ2n) is 6.05. The van der Waals surface area contributed by atoms with Crippen LogP contribution in [0.1, 0.15) is 43.6 Å². The zero-order valence-electron chi connectivity index (χ0n) is 15.3. The topological polar surface area (TPSA) is 81.2 Å². The standard InChI is InChI=1S/C18H23N3O3S2/c1-11(2)24-17-20-21-18(26-17)25-12(3)16(23)15-7-5-14(6-8-15)9-10-19-13(4)22/h5-8,11-12H,9-10H2,1-4H3,(H,19,22). The summed E-state index contributed by atoms with van der Waals surface area (Å²) in [5, 5.41) is 11.1. The third-order valence-corrected chi connectivity index (χ3v) is 5.40. The van der Waals surface area contributed by atoms with Crippen LogP contribution in [0.4, 0.5) is 0 Å². The molecule has 0 bridgehead atoms. The number of benzene rings is 1. The molecule has 26 heavy (non-hydrogen) atoms. The van der Waals surface area contributed by atoms with E-state index in [1.54, 1.807) is 0 Å². The van der Waals surface area contributed by atoms with E-state index in [1.165, 1.54) is 30.0 Å². The lowest BCUT2D eigenvalue weighted by molar-refractivity contribution is -0.118. The van der Waals surface area contributed by atoms with Crippen molar-refractivity contribution in [3.8, 4) is 5.19 Å². The maximum Gasteiger partial charge on any atom is 0.295 e. The summed E-state index contributed by atoms with van der Waals surface area (Å²) in [5.74, 6) is 0.00575. The minimum absolute atomic E-state index is 0.0405. The molecule has 1 unspecified atom stereocenters. The molecule has 0 saturated carbocycles. The Morgan fingerprint density at radius 1 is 1.19 bits per heavy atom. The first kappa shape index (κ1) is 20.4. The summed E-state index contributed by atoms with van der Waals surface area (Å²) in [4.78, 5) is 23.5. The van der Waals surface area contributed by atoms with Gasteiger partial charge in [0.2, 0.25) is 5.91 Å². The maximum absolute atomic E-state index is 12.6. The predicted octanol–water partition coefficient (Wildman–Crippen LogP) is 3.37. The van der Waals surface area contributed by atoms with E-state index in [1.807, 2.05) is 45.0 Å². The third kappa shape index (κ3) is 6.42. The number of hydrogen-bond acceptors (Lipinski definition) is 7. The minimum Gasteiger partial charge on any atom is -0.466 e. The second kappa shape index (κ2) is 9.68. The van der Waals surface area contributed by atoms with Crippen LogP contribution in [0.5, 0.6) is 5.19 Å². The van der Waals surface area contributed by atoms with Crippen molar-refractivity contribution in [2.24, 2.45) is 0 Å². The molecule has 1 aromatic heterocycles. The fourth-order valence-corrected chi connectivity index (χ4v) is 4.18. The quantitative estimate of drug-likeness (QED) is 0.520. The molecular formula is C18H23N3O3S2. The molecule has 0 aliphatic rings. The summed E-state index contributed by atoms with van der Waals surface area (Å²) in [6, 6.07) is 7.50. The van der Waals surface area contributed by atoms with Gasteiger partial charge in [-0.15, -0.1) is 5.10 Å². The normalized spacial score (nSPS) is 12.0. The van der Waals surface area contributed by atoms with Crippen molar-refractivity contribution in [2.45, 2.75) is 49.8 Å². The molecule has 1 N–H and O–H groups in total. The maximum atomic E-state index is 12.6. The fourth-order valence-electron chi connectivity index (χ4n) is 2.15. The Balaban J connectivity index is 1.90. The van der Waals surface area contributed by atoms with Crippen molar-refractivity contribution in [3.05, 3.63) is 35.4 Å². The molecule has 1 atom stereocenters. The summed E-state index contributed by atoms with van der Waals surface area (Å²) in [5.41, 5.74) is 1.74. The largest absolute Gasteiger partial charge is 0.466 e. The van der Waals surface area contributed by atoms with Crippen LogP contribution in [0.3, 0.4) is 0 Å². The van der Waals surface area contributed by atoms with Gasteiger partial charge in [0.1, 0.15) is 0 Å². The highest BCUT2D eigenvalue weighted by Crippen LogP contribution is 2.31. The summed E-state index contributed by atoms with van der Waals surface area (Å²) in [7, 11) is 0. The van der Waals surface area contributed by atoms with Crippen LogP contribution in [-0.2, 0) is 11.2 Å². The number of ketones is 1. The number of thioether (sulfide) groups is 1. The van der Waals surface area contributed by atoms with Gasteiger partial charge < -0.3 is 10.1 Å². The Morgan fingerprint density at radius 2 is 1.88 bits per heavy atom. The van der Waals surface area contributed by atoms with Gasteiger partial charge in [0.15, 0.2) is 10.1 Å². The first-order valence-electron chi connectivity index (χ1n) is 8.39. The zero-order valence-corrected chi connectivity index (χ0v) is 16.9. The lowest BCUT2D eigenvalue weighted by atomic mass is 10.0. The van der Waals surface area contributed by atoms with Gasteiger partial charge in [-0.25, -0.2) is 0 Å². The number of carbonyl (C=O) groups is 2. The van der Waals surface area contributed by atoms with E-state index in [4.69, 9.17) is 4.74 Å². The van der Waals surface area contributed by atoms with Crippen LogP contribution < -0.4 is 10.1 Å². The molecule has 2 rings (SSSR count). The molecular weight excluding hydrogens is 370 g/mol. The van der Waals surface area contributed by atoms with Crippen LogP contribution in [0, 0.1) is 0 Å². The van der Waals surface area contributed by atoms with Gasteiger partial charge in [-0.05, 0) is 44.1 Å². The van der Waals surface area contributed by atoms with Crippen molar-refractivity contribution < 1.29 is 14.3 Å². The van der Waals surface area contributed by atoms with E-state index in [0.29, 0.717) is 21.6 Å². The fraction of sp³-hybridized carbons (Fsp3) is 0.444. The SMILES string of the molecule is CC(=O)NCCc1ccc(C(=O)C(C)Sc2nnc(OC(C)C)s2)cc1. The number of carbonyl (C=O) groups excluding carboxylic acids is 2. The molecule has 1 amide bonds. The molecule has 6 nitrogen and oxygen atoms in total. The Bertz CT molecular complexity index is 744. The van der Waals surface area contributed by atoms with Gasteiger partial charge in [0.05, 0.1) is 11.4 Å². The molecule has 0 radical (unpaired) electrons. The number of hydrogen-bond donors (Lipinski definition) is 1. The van der Waals surface area contributed by atoms with Crippen molar-refractivity contribution >= 4 is 34.8 Å². The number of nitrogens with zero attached hydrogens (tertiary/aromatic N) is 2. The monoisotopic (exact) mass is 393 g/mol. The third-order valence-electron chi connectivity index (χ3n) is 3.40. The Hall–Kier alpha value is -1.93. The summed E-state index contributed by atoms with van der Waals surface area (Å²) >= 11 is 2.73. The van der Waals surface area contributed by atoms with Crippen molar-refractivity contribution in [3.63, 3.8) is 0 Å². The van der Waals surface area contributed by atoms with Crippen molar-refractivity contribution in [1.29, 1.82) is 0 Å². The number of amides is 1.